The van der Waals surface area contributed by atoms with Crippen LogP contribution in [0.4, 0.5) is 5.95 Å². The topological polar surface area (TPSA) is 47.0 Å². The first kappa shape index (κ1) is 12.1. The standard InChI is InChI=1S/C11H9BrClN3O/c1-14-11-15-6-9(13)10(16-11)17-8-4-2-7(12)3-5-8/h2-6H,1H3,(H,14,15,16). The summed E-state index contributed by atoms with van der Waals surface area (Å²) in [5, 5.41) is 3.19. The molecular formula is C11H9BrClN3O. The molecule has 2 aromatic rings. The third-order valence-electron chi connectivity index (χ3n) is 1.96. The van der Waals surface area contributed by atoms with Gasteiger partial charge < -0.3 is 10.1 Å². The number of nitrogens with one attached hydrogen (secondary N) is 1. The van der Waals surface area contributed by atoms with Gasteiger partial charge in [-0.2, -0.15) is 4.98 Å². The SMILES string of the molecule is CNc1ncc(Cl)c(Oc2ccc(Br)cc2)n1. The van der Waals surface area contributed by atoms with Crippen molar-refractivity contribution in [2.45, 2.75) is 0 Å². The molecule has 0 atom stereocenters. The Morgan fingerprint density at radius 1 is 1.29 bits per heavy atom. The minimum Gasteiger partial charge on any atom is -0.437 e. The highest BCUT2D eigenvalue weighted by atomic mass is 79.9. The number of ether oxygens (including phenoxy) is 1. The molecule has 0 amide bonds. The van der Waals surface area contributed by atoms with Crippen LogP contribution < -0.4 is 10.1 Å². The van der Waals surface area contributed by atoms with E-state index in [1.807, 2.05) is 24.3 Å². The predicted octanol–water partition coefficient (Wildman–Crippen LogP) is 3.73. The highest BCUT2D eigenvalue weighted by molar-refractivity contribution is 9.10. The maximum Gasteiger partial charge on any atom is 0.243 e. The Hall–Kier alpha value is -1.33. The van der Waals surface area contributed by atoms with Crippen molar-refractivity contribution < 1.29 is 4.74 Å². The summed E-state index contributed by atoms with van der Waals surface area (Å²) in [4.78, 5) is 8.09. The van der Waals surface area contributed by atoms with Crippen LogP contribution in [0, 0.1) is 0 Å². The lowest BCUT2D eigenvalue weighted by Crippen LogP contribution is -1.98. The van der Waals surface area contributed by atoms with Crippen molar-refractivity contribution in [1.29, 1.82) is 0 Å². The van der Waals surface area contributed by atoms with E-state index in [1.165, 1.54) is 6.20 Å². The van der Waals surface area contributed by atoms with Gasteiger partial charge in [-0.1, -0.05) is 27.5 Å². The van der Waals surface area contributed by atoms with Gasteiger partial charge in [0.05, 0.1) is 6.20 Å². The van der Waals surface area contributed by atoms with Gasteiger partial charge in [0.1, 0.15) is 10.8 Å². The monoisotopic (exact) mass is 313 g/mol. The Balaban J connectivity index is 2.25. The third kappa shape index (κ3) is 3.08. The molecule has 17 heavy (non-hydrogen) atoms. The number of benzene rings is 1. The molecule has 2 rings (SSSR count). The summed E-state index contributed by atoms with van der Waals surface area (Å²) in [7, 11) is 1.73. The minimum absolute atomic E-state index is 0.327. The Bertz CT molecular complexity index is 519. The first-order valence-corrected chi connectivity index (χ1v) is 6.00. The molecule has 1 N–H and O–H groups in total. The quantitative estimate of drug-likeness (QED) is 0.938. The lowest BCUT2D eigenvalue weighted by Gasteiger charge is -2.07. The van der Waals surface area contributed by atoms with Crippen LogP contribution >= 0.6 is 27.5 Å². The van der Waals surface area contributed by atoms with Crippen LogP contribution in [-0.4, -0.2) is 17.0 Å². The van der Waals surface area contributed by atoms with Crippen molar-refractivity contribution in [3.8, 4) is 11.6 Å². The van der Waals surface area contributed by atoms with Crippen LogP contribution in [0.5, 0.6) is 11.6 Å². The maximum absolute atomic E-state index is 5.95. The van der Waals surface area contributed by atoms with Crippen LogP contribution in [0.1, 0.15) is 0 Å². The van der Waals surface area contributed by atoms with Gasteiger partial charge in [0.2, 0.25) is 11.8 Å². The highest BCUT2D eigenvalue weighted by Crippen LogP contribution is 2.28. The molecule has 0 saturated heterocycles. The maximum atomic E-state index is 5.95. The van der Waals surface area contributed by atoms with E-state index in [-0.39, 0.29) is 0 Å². The molecule has 1 aromatic heterocycles. The molecular weight excluding hydrogens is 305 g/mol. The smallest absolute Gasteiger partial charge is 0.243 e. The lowest BCUT2D eigenvalue weighted by molar-refractivity contribution is 0.462. The summed E-state index contributed by atoms with van der Waals surface area (Å²) in [5.41, 5.74) is 0. The van der Waals surface area contributed by atoms with E-state index in [2.05, 4.69) is 31.2 Å². The summed E-state index contributed by atoms with van der Waals surface area (Å²) in [5.74, 6) is 1.45. The fourth-order valence-corrected chi connectivity index (χ4v) is 1.55. The van der Waals surface area contributed by atoms with Crippen LogP contribution in [-0.2, 0) is 0 Å². The number of halogens is 2. The molecule has 4 nitrogen and oxygen atoms in total. The number of rotatable bonds is 3. The largest absolute Gasteiger partial charge is 0.437 e. The average Bonchev–Trinajstić information content (AvgIpc) is 2.35. The van der Waals surface area contributed by atoms with Gasteiger partial charge in [0.15, 0.2) is 0 Å². The third-order valence-corrected chi connectivity index (χ3v) is 2.75. The van der Waals surface area contributed by atoms with Crippen molar-refractivity contribution >= 4 is 33.5 Å². The Morgan fingerprint density at radius 3 is 2.65 bits per heavy atom. The Kier molecular flexibility index (Phi) is 3.81. The molecule has 0 aliphatic heterocycles. The molecule has 0 radical (unpaired) electrons. The molecule has 0 spiro atoms. The fraction of sp³-hybridized carbons (Fsp3) is 0.0909. The van der Waals surface area contributed by atoms with Gasteiger partial charge >= 0.3 is 0 Å². The second kappa shape index (κ2) is 5.33. The first-order valence-electron chi connectivity index (χ1n) is 4.83. The van der Waals surface area contributed by atoms with Gasteiger partial charge in [0.25, 0.3) is 0 Å². The van der Waals surface area contributed by atoms with E-state index in [0.717, 1.165) is 4.47 Å². The summed E-state index contributed by atoms with van der Waals surface area (Å²) in [6.07, 6.45) is 1.49. The van der Waals surface area contributed by atoms with Crippen LogP contribution in [0.3, 0.4) is 0 Å². The molecule has 1 aromatic carbocycles. The highest BCUT2D eigenvalue weighted by Gasteiger charge is 2.07. The summed E-state index contributed by atoms with van der Waals surface area (Å²) < 4.78 is 6.54. The van der Waals surface area contributed by atoms with Gasteiger partial charge in [0, 0.05) is 11.5 Å². The molecule has 0 aliphatic rings. The van der Waals surface area contributed by atoms with Gasteiger partial charge in [-0.15, -0.1) is 0 Å². The minimum atomic E-state index is 0.327. The number of nitrogens with zero attached hydrogens (tertiary/aromatic N) is 2. The summed E-state index contributed by atoms with van der Waals surface area (Å²) in [6, 6.07) is 7.40. The number of anilines is 1. The summed E-state index contributed by atoms with van der Waals surface area (Å²) in [6.45, 7) is 0. The van der Waals surface area contributed by atoms with E-state index >= 15 is 0 Å². The first-order chi connectivity index (χ1) is 8.19. The van der Waals surface area contributed by atoms with Crippen LogP contribution in [0.15, 0.2) is 34.9 Å². The average molecular weight is 315 g/mol. The molecule has 0 unspecified atom stereocenters. The molecule has 0 bridgehead atoms. The van der Waals surface area contributed by atoms with E-state index in [1.54, 1.807) is 7.05 Å². The second-order valence-corrected chi connectivity index (χ2v) is 4.48. The van der Waals surface area contributed by atoms with Crippen molar-refractivity contribution in [2.75, 3.05) is 12.4 Å². The normalized spacial score (nSPS) is 10.1. The van der Waals surface area contributed by atoms with Crippen molar-refractivity contribution in [2.24, 2.45) is 0 Å². The zero-order chi connectivity index (χ0) is 12.3. The molecule has 0 aliphatic carbocycles. The molecule has 0 saturated carbocycles. The van der Waals surface area contributed by atoms with E-state index in [4.69, 9.17) is 16.3 Å². The molecule has 1 heterocycles. The number of aromatic nitrogens is 2. The van der Waals surface area contributed by atoms with Gasteiger partial charge in [-0.25, -0.2) is 4.98 Å². The van der Waals surface area contributed by atoms with Crippen molar-refractivity contribution in [1.82, 2.24) is 9.97 Å². The fourth-order valence-electron chi connectivity index (χ4n) is 1.16. The van der Waals surface area contributed by atoms with Crippen LogP contribution in [0.2, 0.25) is 5.02 Å². The van der Waals surface area contributed by atoms with E-state index < -0.39 is 0 Å². The second-order valence-electron chi connectivity index (χ2n) is 3.15. The number of hydrogen-bond acceptors (Lipinski definition) is 4. The lowest BCUT2D eigenvalue weighted by atomic mass is 10.3. The molecule has 6 heteroatoms. The molecule has 0 fully saturated rings. The predicted molar refractivity (Wildman–Crippen MR) is 70.8 cm³/mol. The zero-order valence-electron chi connectivity index (χ0n) is 8.95. The van der Waals surface area contributed by atoms with Gasteiger partial charge in [-0.3, -0.25) is 0 Å². The zero-order valence-corrected chi connectivity index (χ0v) is 11.3. The van der Waals surface area contributed by atoms with Crippen molar-refractivity contribution in [3.05, 3.63) is 40.0 Å². The molecule has 88 valence electrons. The van der Waals surface area contributed by atoms with Gasteiger partial charge in [-0.05, 0) is 24.3 Å². The summed E-state index contributed by atoms with van der Waals surface area (Å²) >= 11 is 9.30. The van der Waals surface area contributed by atoms with E-state index in [0.29, 0.717) is 22.6 Å². The Morgan fingerprint density at radius 2 is 2.00 bits per heavy atom. The number of hydrogen-bond donors (Lipinski definition) is 1. The van der Waals surface area contributed by atoms with Crippen molar-refractivity contribution in [3.63, 3.8) is 0 Å². The van der Waals surface area contributed by atoms with E-state index in [9.17, 15) is 0 Å². The Labute approximate surface area is 112 Å². The van der Waals surface area contributed by atoms with Crippen LogP contribution in [0.25, 0.3) is 0 Å².